The van der Waals surface area contributed by atoms with Gasteiger partial charge in [0.15, 0.2) is 17.3 Å². The van der Waals surface area contributed by atoms with Gasteiger partial charge in [0.1, 0.15) is 13.2 Å². The number of benzene rings is 1. The van der Waals surface area contributed by atoms with E-state index in [0.717, 1.165) is 12.1 Å². The molecule has 0 bridgehead atoms. The summed E-state index contributed by atoms with van der Waals surface area (Å²) in [4.78, 5) is 12.4. The summed E-state index contributed by atoms with van der Waals surface area (Å²) in [6, 6.07) is 5.19. The Kier molecular flexibility index (Phi) is 4.61. The van der Waals surface area contributed by atoms with Crippen molar-refractivity contribution in [3.63, 3.8) is 0 Å². The van der Waals surface area contributed by atoms with Gasteiger partial charge in [-0.05, 0) is 25.1 Å². The molecule has 0 aliphatic carbocycles. The molecule has 3 aromatic rings. The fourth-order valence-electron chi connectivity index (χ4n) is 2.46. The molecule has 0 atom stereocenters. The van der Waals surface area contributed by atoms with Crippen molar-refractivity contribution in [3.05, 3.63) is 36.2 Å². The van der Waals surface area contributed by atoms with Gasteiger partial charge in [-0.1, -0.05) is 11.8 Å². The summed E-state index contributed by atoms with van der Waals surface area (Å²) < 4.78 is 18.3. The van der Waals surface area contributed by atoms with E-state index in [-0.39, 0.29) is 11.5 Å². The van der Waals surface area contributed by atoms with Gasteiger partial charge in [-0.2, -0.15) is 5.10 Å². The van der Waals surface area contributed by atoms with E-state index >= 15 is 0 Å². The number of hydrogen-bond donors (Lipinski definition) is 0. The van der Waals surface area contributed by atoms with Gasteiger partial charge in [-0.15, -0.1) is 10.2 Å². The van der Waals surface area contributed by atoms with Crippen molar-refractivity contribution in [2.24, 2.45) is 0 Å². The van der Waals surface area contributed by atoms with Crippen LogP contribution in [0.4, 0.5) is 0 Å². The van der Waals surface area contributed by atoms with E-state index in [2.05, 4.69) is 15.3 Å². The second-order valence-corrected chi connectivity index (χ2v) is 6.45. The molecular formula is C17H16N4O4S. The fourth-order valence-corrected chi connectivity index (χ4v) is 3.12. The highest BCUT2D eigenvalue weighted by Crippen LogP contribution is 2.31. The maximum absolute atomic E-state index is 12.4. The molecule has 26 heavy (non-hydrogen) atoms. The lowest BCUT2D eigenvalue weighted by Crippen LogP contribution is -2.16. The van der Waals surface area contributed by atoms with Crippen LogP contribution in [0, 0.1) is 0 Å². The Morgan fingerprint density at radius 1 is 1.23 bits per heavy atom. The molecule has 0 saturated carbocycles. The molecular weight excluding hydrogens is 356 g/mol. The summed E-state index contributed by atoms with van der Waals surface area (Å²) in [7, 11) is 0. The predicted octanol–water partition coefficient (Wildman–Crippen LogP) is 2.70. The van der Waals surface area contributed by atoms with E-state index in [4.69, 9.17) is 13.9 Å². The second-order valence-electron chi connectivity index (χ2n) is 5.53. The quantitative estimate of drug-likeness (QED) is 0.482. The van der Waals surface area contributed by atoms with Gasteiger partial charge in [0, 0.05) is 18.3 Å². The minimum Gasteiger partial charge on any atom is -0.486 e. The molecule has 0 spiro atoms. The first kappa shape index (κ1) is 16.6. The first-order valence-corrected chi connectivity index (χ1v) is 9.13. The van der Waals surface area contributed by atoms with Gasteiger partial charge in [0.25, 0.3) is 11.1 Å². The maximum Gasteiger partial charge on any atom is 0.277 e. The summed E-state index contributed by atoms with van der Waals surface area (Å²) in [6.45, 7) is 3.76. The SMILES string of the molecule is CCn1cc(-c2nnc(SCC(=O)c3ccc4c(c3)OCCO4)o2)cn1. The van der Waals surface area contributed by atoms with Crippen molar-refractivity contribution in [1.82, 2.24) is 20.0 Å². The fraction of sp³-hybridized carbons (Fsp3) is 0.294. The molecule has 1 aliphatic rings. The molecule has 0 unspecified atom stereocenters. The number of thioether (sulfide) groups is 1. The van der Waals surface area contributed by atoms with E-state index < -0.39 is 0 Å². The molecule has 0 fully saturated rings. The molecule has 134 valence electrons. The molecule has 1 aromatic carbocycles. The molecule has 8 nitrogen and oxygen atoms in total. The molecule has 4 rings (SSSR count). The van der Waals surface area contributed by atoms with Crippen LogP contribution >= 0.6 is 11.8 Å². The second kappa shape index (κ2) is 7.20. The monoisotopic (exact) mass is 372 g/mol. The van der Waals surface area contributed by atoms with Crippen LogP contribution in [0.25, 0.3) is 11.5 Å². The topological polar surface area (TPSA) is 92.3 Å². The van der Waals surface area contributed by atoms with E-state index in [1.165, 1.54) is 11.8 Å². The van der Waals surface area contributed by atoms with Gasteiger partial charge in [0.2, 0.25) is 0 Å². The lowest BCUT2D eigenvalue weighted by atomic mass is 10.1. The number of Topliss-reactive ketones (excluding diaryl/α,β-unsaturated/α-hetero) is 1. The third-order valence-corrected chi connectivity index (χ3v) is 4.62. The largest absolute Gasteiger partial charge is 0.486 e. The Hall–Kier alpha value is -2.81. The smallest absolute Gasteiger partial charge is 0.277 e. The number of aryl methyl sites for hydroxylation is 1. The average Bonchev–Trinajstić information content (AvgIpc) is 3.34. The van der Waals surface area contributed by atoms with Crippen LogP contribution in [0.3, 0.4) is 0 Å². The van der Waals surface area contributed by atoms with Crippen LogP contribution in [0.15, 0.2) is 40.2 Å². The summed E-state index contributed by atoms with van der Waals surface area (Å²) in [5, 5.41) is 12.5. The zero-order valence-corrected chi connectivity index (χ0v) is 14.9. The van der Waals surface area contributed by atoms with Crippen LogP contribution in [0.5, 0.6) is 11.5 Å². The minimum atomic E-state index is -0.0504. The summed E-state index contributed by atoms with van der Waals surface area (Å²) >= 11 is 1.20. The van der Waals surface area contributed by atoms with Crippen molar-refractivity contribution in [2.45, 2.75) is 18.7 Å². The molecule has 2 aromatic heterocycles. The lowest BCUT2D eigenvalue weighted by Gasteiger charge is -2.18. The van der Waals surface area contributed by atoms with Gasteiger partial charge >= 0.3 is 0 Å². The van der Waals surface area contributed by atoms with Gasteiger partial charge in [0.05, 0.1) is 17.5 Å². The van der Waals surface area contributed by atoms with Crippen molar-refractivity contribution in [3.8, 4) is 23.0 Å². The highest BCUT2D eigenvalue weighted by atomic mass is 32.2. The Morgan fingerprint density at radius 3 is 2.88 bits per heavy atom. The van der Waals surface area contributed by atoms with Crippen molar-refractivity contribution in [2.75, 3.05) is 19.0 Å². The lowest BCUT2D eigenvalue weighted by molar-refractivity contribution is 0.102. The van der Waals surface area contributed by atoms with Gasteiger partial charge < -0.3 is 13.9 Å². The molecule has 0 N–H and O–H groups in total. The highest BCUT2D eigenvalue weighted by molar-refractivity contribution is 7.99. The van der Waals surface area contributed by atoms with Crippen LogP contribution in [-0.2, 0) is 6.54 Å². The number of carbonyl (C=O) groups is 1. The van der Waals surface area contributed by atoms with Gasteiger partial charge in [-0.3, -0.25) is 9.48 Å². The molecule has 0 saturated heterocycles. The third kappa shape index (κ3) is 3.43. The highest BCUT2D eigenvalue weighted by Gasteiger charge is 2.17. The number of nitrogens with zero attached hydrogens (tertiary/aromatic N) is 4. The van der Waals surface area contributed by atoms with E-state index in [1.807, 2.05) is 13.1 Å². The molecule has 0 radical (unpaired) electrons. The number of fused-ring (bicyclic) bond motifs is 1. The first-order chi connectivity index (χ1) is 12.7. The summed E-state index contributed by atoms with van der Waals surface area (Å²) in [6.07, 6.45) is 3.51. The van der Waals surface area contributed by atoms with Gasteiger partial charge in [-0.25, -0.2) is 0 Å². The van der Waals surface area contributed by atoms with E-state index in [9.17, 15) is 4.79 Å². The first-order valence-electron chi connectivity index (χ1n) is 8.15. The predicted molar refractivity (Wildman–Crippen MR) is 93.7 cm³/mol. The molecule has 1 aliphatic heterocycles. The minimum absolute atomic E-state index is 0.0504. The Labute approximate surface area is 153 Å². The Bertz CT molecular complexity index is 936. The van der Waals surface area contributed by atoms with Crippen LogP contribution in [0.2, 0.25) is 0 Å². The zero-order chi connectivity index (χ0) is 17.9. The molecule has 0 amide bonds. The van der Waals surface area contributed by atoms with Crippen molar-refractivity contribution >= 4 is 17.5 Å². The van der Waals surface area contributed by atoms with Crippen molar-refractivity contribution < 1.29 is 18.7 Å². The van der Waals surface area contributed by atoms with Crippen LogP contribution in [-0.4, -0.2) is 44.7 Å². The third-order valence-electron chi connectivity index (χ3n) is 3.80. The zero-order valence-electron chi connectivity index (χ0n) is 14.0. The average molecular weight is 372 g/mol. The van der Waals surface area contributed by atoms with Crippen LogP contribution in [0.1, 0.15) is 17.3 Å². The number of aromatic nitrogens is 4. The number of rotatable bonds is 6. The standard InChI is InChI=1S/C17H16N4O4S/c1-2-21-9-12(8-18-21)16-19-20-17(25-16)26-10-13(22)11-3-4-14-15(7-11)24-6-5-23-14/h3-4,7-9H,2,5-6,10H2,1H3. The van der Waals surface area contributed by atoms with E-state index in [0.29, 0.717) is 41.4 Å². The molecule has 3 heterocycles. The van der Waals surface area contributed by atoms with Crippen molar-refractivity contribution in [1.29, 1.82) is 0 Å². The number of ether oxygens (including phenoxy) is 2. The molecule has 9 heteroatoms. The normalized spacial score (nSPS) is 13.0. The maximum atomic E-state index is 12.4. The summed E-state index contributed by atoms with van der Waals surface area (Å²) in [5.41, 5.74) is 1.31. The summed E-state index contributed by atoms with van der Waals surface area (Å²) in [5.74, 6) is 1.79. The number of carbonyl (C=O) groups excluding carboxylic acids is 1. The number of ketones is 1. The Morgan fingerprint density at radius 2 is 2.08 bits per heavy atom. The Balaban J connectivity index is 1.40. The van der Waals surface area contributed by atoms with Crippen LogP contribution < -0.4 is 9.47 Å². The van der Waals surface area contributed by atoms with E-state index in [1.54, 1.807) is 29.1 Å². The number of hydrogen-bond acceptors (Lipinski definition) is 8.